The molecule has 0 spiro atoms. The van der Waals surface area contributed by atoms with Crippen molar-refractivity contribution in [2.24, 2.45) is 23.3 Å². The van der Waals surface area contributed by atoms with Gasteiger partial charge in [0.2, 0.25) is 41.4 Å². The number of amides is 7. The van der Waals surface area contributed by atoms with Crippen molar-refractivity contribution in [1.82, 2.24) is 41.7 Å². The first kappa shape index (κ1) is 64.4. The first-order valence-electron chi connectivity index (χ1n) is 27.3. The van der Waals surface area contributed by atoms with E-state index in [4.69, 9.17) is 11.5 Å². The van der Waals surface area contributed by atoms with Crippen molar-refractivity contribution < 1.29 is 74.4 Å². The Morgan fingerprint density at radius 1 is 0.714 bits per heavy atom. The van der Waals surface area contributed by atoms with E-state index < -0.39 is 146 Å². The van der Waals surface area contributed by atoms with Crippen LogP contribution in [-0.2, 0) is 33.6 Å². The number of unbranched alkanes of at least 4 members (excludes halogenated alkanes) is 5. The summed E-state index contributed by atoms with van der Waals surface area (Å²) < 4.78 is 0. The van der Waals surface area contributed by atoms with E-state index in [1.807, 2.05) is 0 Å². The molecule has 1 aromatic carbocycles. The van der Waals surface area contributed by atoms with Crippen LogP contribution < -0.4 is 43.4 Å². The Morgan fingerprint density at radius 2 is 1.34 bits per heavy atom. The lowest BCUT2D eigenvalue weighted by atomic mass is 9.91. The highest BCUT2D eigenvalue weighted by Crippen LogP contribution is 2.27. The van der Waals surface area contributed by atoms with Gasteiger partial charge < -0.3 is 88.7 Å². The maximum Gasteiger partial charge on any atom is 0.248 e. The van der Waals surface area contributed by atoms with Gasteiger partial charge >= 0.3 is 0 Å². The van der Waals surface area contributed by atoms with E-state index in [1.54, 1.807) is 0 Å². The van der Waals surface area contributed by atoms with Gasteiger partial charge in [0, 0.05) is 45.4 Å². The summed E-state index contributed by atoms with van der Waals surface area (Å²) in [5.74, 6) is -6.43. The number of aliphatic hydroxyl groups excluding tert-OH is 7. The number of rotatable bonds is 23. The number of benzene rings is 1. The molecular weight excluding hydrogens is 1000 g/mol. The molecule has 3 aliphatic heterocycles. The van der Waals surface area contributed by atoms with Crippen LogP contribution in [0.3, 0.4) is 0 Å². The average molecular weight is 1090 g/mol. The number of aromatic hydroxyl groups is 1. The van der Waals surface area contributed by atoms with Crippen molar-refractivity contribution in [1.29, 1.82) is 0 Å². The van der Waals surface area contributed by atoms with Crippen LogP contribution in [-0.4, -0.2) is 204 Å². The Morgan fingerprint density at radius 3 is 1.97 bits per heavy atom. The van der Waals surface area contributed by atoms with Crippen LogP contribution in [0.1, 0.15) is 129 Å². The second-order valence-electron chi connectivity index (χ2n) is 21.3. The Balaban J connectivity index is 1.73. The highest BCUT2D eigenvalue weighted by Gasteiger charge is 2.49. The summed E-state index contributed by atoms with van der Waals surface area (Å²) in [6, 6.07) is -6.40. The molecular formula is C52H88N10O15. The molecule has 7 amide bonds. The van der Waals surface area contributed by atoms with E-state index in [0.29, 0.717) is 24.7 Å². The summed E-state index contributed by atoms with van der Waals surface area (Å²) >= 11 is 0. The summed E-state index contributed by atoms with van der Waals surface area (Å²) in [6.45, 7) is 6.73. The highest BCUT2D eigenvalue weighted by atomic mass is 16.3. The lowest BCUT2D eigenvalue weighted by molar-refractivity contribution is -0.148. The number of carbonyl (C=O) groups is 7. The molecule has 3 fully saturated rings. The minimum Gasteiger partial charge on any atom is -0.508 e. The van der Waals surface area contributed by atoms with Crippen molar-refractivity contribution in [3.05, 3.63) is 29.8 Å². The Kier molecular flexibility index (Phi) is 26.4. The van der Waals surface area contributed by atoms with E-state index >= 15 is 0 Å². The average Bonchev–Trinajstić information content (AvgIpc) is 3.99. The largest absolute Gasteiger partial charge is 0.508 e. The fourth-order valence-electron chi connectivity index (χ4n) is 10.2. The van der Waals surface area contributed by atoms with Crippen molar-refractivity contribution in [3.8, 4) is 5.75 Å². The topological polar surface area (TPSA) is 412 Å². The van der Waals surface area contributed by atoms with E-state index in [1.165, 1.54) is 30.7 Å². The van der Waals surface area contributed by atoms with Crippen molar-refractivity contribution in [2.75, 3.05) is 32.7 Å². The maximum absolute atomic E-state index is 14.6. The second-order valence-corrected chi connectivity index (χ2v) is 21.3. The number of hydrogen-bond donors (Lipinski definition) is 16. The zero-order valence-electron chi connectivity index (χ0n) is 45.0. The number of nitrogens with two attached hydrogens (primary N) is 2. The number of aliphatic hydroxyl groups is 7. The molecule has 436 valence electrons. The number of nitrogens with one attached hydrogen (secondary N) is 6. The van der Waals surface area contributed by atoms with Crippen molar-refractivity contribution >= 4 is 41.4 Å². The molecule has 0 bridgehead atoms. The van der Waals surface area contributed by atoms with E-state index in [2.05, 4.69) is 52.7 Å². The molecule has 3 aliphatic rings. The van der Waals surface area contributed by atoms with Gasteiger partial charge in [-0.3, -0.25) is 38.9 Å². The zero-order chi connectivity index (χ0) is 57.1. The third-order valence-electron chi connectivity index (χ3n) is 14.9. The molecule has 25 heteroatoms. The molecule has 4 rings (SSSR count). The van der Waals surface area contributed by atoms with E-state index in [9.17, 15) is 74.4 Å². The molecule has 77 heavy (non-hydrogen) atoms. The lowest BCUT2D eigenvalue weighted by Gasteiger charge is -2.35. The minimum absolute atomic E-state index is 0.0257. The van der Waals surface area contributed by atoms with Gasteiger partial charge in [0.1, 0.15) is 60.4 Å². The van der Waals surface area contributed by atoms with Gasteiger partial charge in [-0.05, 0) is 68.7 Å². The van der Waals surface area contributed by atoms with Crippen LogP contribution in [0.15, 0.2) is 24.3 Å². The Hall–Kier alpha value is -5.09. The second kappa shape index (κ2) is 31.5. The van der Waals surface area contributed by atoms with Crippen LogP contribution in [0.2, 0.25) is 0 Å². The quantitative estimate of drug-likeness (QED) is 0.0477. The van der Waals surface area contributed by atoms with Crippen molar-refractivity contribution in [2.45, 2.75) is 203 Å². The predicted molar refractivity (Wildman–Crippen MR) is 280 cm³/mol. The molecule has 25 nitrogen and oxygen atoms in total. The third-order valence-corrected chi connectivity index (χ3v) is 14.9. The number of phenolic OH excluding ortho intramolecular Hbond substituents is 1. The molecule has 0 aromatic heterocycles. The smallest absolute Gasteiger partial charge is 0.248 e. The number of nitrogens with zero attached hydrogens (tertiary/aromatic N) is 2. The number of hydrogen-bond acceptors (Lipinski definition) is 18. The molecule has 3 saturated heterocycles. The van der Waals surface area contributed by atoms with Crippen LogP contribution in [0.4, 0.5) is 0 Å². The molecule has 4 unspecified atom stereocenters. The molecule has 3 heterocycles. The Bertz CT molecular complexity index is 2070. The van der Waals surface area contributed by atoms with Crippen LogP contribution in [0, 0.1) is 11.8 Å². The van der Waals surface area contributed by atoms with Crippen LogP contribution in [0.25, 0.3) is 0 Å². The van der Waals surface area contributed by atoms with E-state index in [-0.39, 0.29) is 56.8 Å². The molecule has 0 saturated carbocycles. The molecule has 0 aliphatic carbocycles. The van der Waals surface area contributed by atoms with Gasteiger partial charge in [0.05, 0.1) is 30.5 Å². The summed E-state index contributed by atoms with van der Waals surface area (Å²) in [5.41, 5.74) is 11.5. The van der Waals surface area contributed by atoms with Gasteiger partial charge in [-0.2, -0.15) is 0 Å². The third kappa shape index (κ3) is 18.8. The van der Waals surface area contributed by atoms with Gasteiger partial charge in [0.15, 0.2) is 0 Å². The summed E-state index contributed by atoms with van der Waals surface area (Å²) in [5, 5.41) is 104. The first-order valence-corrected chi connectivity index (χ1v) is 27.3. The van der Waals surface area contributed by atoms with Gasteiger partial charge in [-0.15, -0.1) is 0 Å². The maximum atomic E-state index is 14.6. The normalized spacial score (nSPS) is 28.6. The molecule has 0 radical (unpaired) electrons. The lowest BCUT2D eigenvalue weighted by Crippen LogP contribution is -2.65. The predicted octanol–water partition coefficient (Wildman–Crippen LogP) is -3.31. The summed E-state index contributed by atoms with van der Waals surface area (Å²) in [7, 11) is 0. The van der Waals surface area contributed by atoms with Crippen molar-refractivity contribution in [3.63, 3.8) is 0 Å². The van der Waals surface area contributed by atoms with Gasteiger partial charge in [0.25, 0.3) is 0 Å². The monoisotopic (exact) mass is 1090 g/mol. The summed E-state index contributed by atoms with van der Waals surface area (Å²) in [4.78, 5) is 102. The number of fused-ring (bicyclic) bond motifs is 2. The zero-order valence-corrected chi connectivity index (χ0v) is 45.0. The summed E-state index contributed by atoms with van der Waals surface area (Å²) in [6.07, 6.45) is -6.95. The number of carbonyl (C=O) groups excluding carboxylic acids is 7. The fourth-order valence-corrected chi connectivity index (χ4v) is 10.2. The molecule has 16 atom stereocenters. The van der Waals surface area contributed by atoms with Gasteiger partial charge in [-0.25, -0.2) is 0 Å². The van der Waals surface area contributed by atoms with Gasteiger partial charge in [-0.1, -0.05) is 77.8 Å². The molecule has 18 N–H and O–H groups in total. The fraction of sp³-hybridized carbons (Fsp3) is 0.750. The highest BCUT2D eigenvalue weighted by molar-refractivity contribution is 5.98. The Labute approximate surface area is 450 Å². The van der Waals surface area contributed by atoms with Crippen LogP contribution >= 0.6 is 0 Å². The first-order chi connectivity index (χ1) is 36.5. The minimum atomic E-state index is -2.28. The number of phenols is 1. The molecule has 1 aromatic rings. The van der Waals surface area contributed by atoms with Crippen LogP contribution in [0.5, 0.6) is 5.75 Å². The standard InChI is InChI=1S/C52H88N10O15/c1-5-28(2)24-29(3)12-10-8-6-7-9-11-13-39(69)56-34-26-38(68)46(55-22-21-54)60-50(75)43-37(67)19-23-61(43)52(77)41(36(66)18-20-53)58-49(74)42(45(71)44(70)31-14-16-32(64)17-15-31)59-48(73)35-25-33(65)27-62(35)51(76)40(30(4)63)57-47(34)72/h14-17,28-30,33-38,40-46,55,63-68,70-71H,5-13,18-27,53-54H2,1-4H3,(H,56,69)(H,57,72)(H,58,74)(H,59,73)(H,60,75)/t28?,29?,30-,33-,34+,35+,36-,37+,38-,40+,41?,42?,43+,44+,45+,46+/m1/s1. The SMILES string of the molecule is CCC(C)CC(C)CCCCCCCCC(=O)N[C@H]1C[C@@H](O)[C@@H](NCCN)NC(=O)[C@@H]2[C@@H](O)CCN2C(=O)C([C@H](O)CCN)NC(=O)C([C@H](O)[C@@H](O)c2ccc(O)cc2)NC(=O)[C@@H]2C[C@@H](O)CN2C(=O)[C@H]([C@@H](C)O)NC1=O. The van der Waals surface area contributed by atoms with E-state index in [0.717, 1.165) is 55.2 Å².